The molecule has 1 aromatic heterocycles. The predicted octanol–water partition coefficient (Wildman–Crippen LogP) is 6.40. The largest absolute Gasteiger partial charge is 0.491 e. The van der Waals surface area contributed by atoms with Crippen LogP contribution in [0.2, 0.25) is 5.02 Å². The van der Waals surface area contributed by atoms with Crippen molar-refractivity contribution in [2.24, 2.45) is 0 Å². The lowest BCUT2D eigenvalue weighted by molar-refractivity contribution is -0.0785. The zero-order chi connectivity index (χ0) is 26.0. The first kappa shape index (κ1) is 25.4. The van der Waals surface area contributed by atoms with Crippen LogP contribution in [0.1, 0.15) is 41.5 Å². The highest BCUT2D eigenvalue weighted by molar-refractivity contribution is 6.30. The molecule has 3 aliphatic rings. The molecule has 198 valence electrons. The molecular formula is C31H33ClN2O4. The molecule has 6 nitrogen and oxygen atoms in total. The van der Waals surface area contributed by atoms with E-state index < -0.39 is 0 Å². The number of ether oxygens (including phenoxy) is 4. The van der Waals surface area contributed by atoms with E-state index in [2.05, 4.69) is 34.2 Å². The van der Waals surface area contributed by atoms with Gasteiger partial charge in [-0.15, -0.1) is 0 Å². The van der Waals surface area contributed by atoms with Crippen molar-refractivity contribution in [2.45, 2.75) is 37.9 Å². The van der Waals surface area contributed by atoms with Gasteiger partial charge in [0.1, 0.15) is 18.1 Å². The number of benzene rings is 2. The average molecular weight is 533 g/mol. The molecule has 1 spiro atoms. The van der Waals surface area contributed by atoms with E-state index in [0.29, 0.717) is 25.7 Å². The SMILES string of the molecule is COCCOc1cccc2c1C/C(=C/CCN1CCC3(CC1)OCc1cc(Cl)ccc13)c1cccnc1O2. The van der Waals surface area contributed by atoms with Gasteiger partial charge in [-0.3, -0.25) is 0 Å². The minimum Gasteiger partial charge on any atom is -0.491 e. The van der Waals surface area contributed by atoms with Crippen LogP contribution >= 0.6 is 11.6 Å². The number of rotatable bonds is 7. The van der Waals surface area contributed by atoms with Gasteiger partial charge in [0.2, 0.25) is 5.88 Å². The Balaban J connectivity index is 1.15. The van der Waals surface area contributed by atoms with E-state index in [-0.39, 0.29) is 5.60 Å². The Kier molecular flexibility index (Phi) is 7.39. The van der Waals surface area contributed by atoms with Crippen LogP contribution in [-0.2, 0) is 28.1 Å². The van der Waals surface area contributed by atoms with Crippen LogP contribution in [0.15, 0.2) is 60.8 Å². The van der Waals surface area contributed by atoms with Gasteiger partial charge in [-0.25, -0.2) is 4.98 Å². The van der Waals surface area contributed by atoms with Gasteiger partial charge in [-0.2, -0.15) is 0 Å². The highest BCUT2D eigenvalue weighted by atomic mass is 35.5. The summed E-state index contributed by atoms with van der Waals surface area (Å²) in [5, 5.41) is 0.784. The van der Waals surface area contributed by atoms with E-state index in [1.165, 1.54) is 16.7 Å². The standard InChI is InChI=1S/C31H33ClN2O4/c1-35-17-18-36-28-7-2-8-29-26(28)20-22(25-6-3-13-33-30(25)38-29)5-4-14-34-15-11-31(12-16-34)27-10-9-24(32)19-23(27)21-37-31/h2-3,5-10,13,19H,4,11-12,14-18,20-21H2,1H3/b22-5-. The number of halogens is 1. The second-order valence-electron chi connectivity index (χ2n) is 10.2. The first-order valence-electron chi connectivity index (χ1n) is 13.4. The molecule has 1 fully saturated rings. The van der Waals surface area contributed by atoms with E-state index in [1.807, 2.05) is 30.3 Å². The molecule has 1 saturated heterocycles. The minimum absolute atomic E-state index is 0.152. The number of nitrogens with zero attached hydrogens (tertiary/aromatic N) is 2. The molecule has 0 amide bonds. The van der Waals surface area contributed by atoms with Gasteiger partial charge in [0.05, 0.1) is 18.8 Å². The Bertz CT molecular complexity index is 1330. The summed E-state index contributed by atoms with van der Waals surface area (Å²) in [6.45, 7) is 4.74. The Morgan fingerprint density at radius 1 is 1.11 bits per heavy atom. The molecule has 0 atom stereocenters. The second-order valence-corrected chi connectivity index (χ2v) is 10.6. The number of hydrogen-bond donors (Lipinski definition) is 0. The van der Waals surface area contributed by atoms with E-state index in [0.717, 1.165) is 73.0 Å². The first-order valence-corrected chi connectivity index (χ1v) is 13.7. The number of fused-ring (bicyclic) bond motifs is 4. The number of aromatic nitrogens is 1. The smallest absolute Gasteiger partial charge is 0.226 e. The molecule has 0 N–H and O–H groups in total. The molecule has 4 heterocycles. The van der Waals surface area contributed by atoms with E-state index in [9.17, 15) is 0 Å². The third-order valence-corrected chi connectivity index (χ3v) is 8.12. The molecule has 0 saturated carbocycles. The van der Waals surface area contributed by atoms with Crippen molar-refractivity contribution in [1.29, 1.82) is 0 Å². The van der Waals surface area contributed by atoms with Gasteiger partial charge in [0, 0.05) is 55.5 Å². The second kappa shape index (κ2) is 11.1. The molecule has 3 aliphatic heterocycles. The molecule has 0 bridgehead atoms. The van der Waals surface area contributed by atoms with Crippen molar-refractivity contribution in [3.05, 3.63) is 88.1 Å². The van der Waals surface area contributed by atoms with E-state index in [1.54, 1.807) is 13.3 Å². The number of allylic oxidation sites excluding steroid dienone is 1. The third kappa shape index (κ3) is 5.06. The van der Waals surface area contributed by atoms with Gasteiger partial charge in [-0.1, -0.05) is 29.8 Å². The molecule has 2 aromatic carbocycles. The summed E-state index contributed by atoms with van der Waals surface area (Å²) in [4.78, 5) is 7.09. The molecule has 3 aromatic rings. The van der Waals surface area contributed by atoms with Crippen LogP contribution in [0.25, 0.3) is 5.57 Å². The van der Waals surface area contributed by atoms with Crippen molar-refractivity contribution >= 4 is 17.2 Å². The third-order valence-electron chi connectivity index (χ3n) is 7.89. The Hall–Kier alpha value is -2.90. The number of hydrogen-bond acceptors (Lipinski definition) is 6. The number of piperidine rings is 1. The van der Waals surface area contributed by atoms with Crippen molar-refractivity contribution < 1.29 is 18.9 Å². The maximum Gasteiger partial charge on any atom is 0.226 e. The predicted molar refractivity (Wildman–Crippen MR) is 148 cm³/mol. The number of methoxy groups -OCH3 is 1. The van der Waals surface area contributed by atoms with Crippen LogP contribution < -0.4 is 9.47 Å². The monoisotopic (exact) mass is 532 g/mol. The lowest BCUT2D eigenvalue weighted by Gasteiger charge is -2.39. The van der Waals surface area contributed by atoms with Crippen molar-refractivity contribution in [2.75, 3.05) is 40.0 Å². The summed E-state index contributed by atoms with van der Waals surface area (Å²) in [7, 11) is 1.68. The summed E-state index contributed by atoms with van der Waals surface area (Å²) in [6.07, 6.45) is 7.82. The van der Waals surface area contributed by atoms with Crippen LogP contribution in [0.3, 0.4) is 0 Å². The Morgan fingerprint density at radius 3 is 2.87 bits per heavy atom. The normalized spacial score (nSPS) is 18.9. The fourth-order valence-electron chi connectivity index (χ4n) is 5.87. The quantitative estimate of drug-likeness (QED) is 0.328. The summed E-state index contributed by atoms with van der Waals surface area (Å²) < 4.78 is 23.8. The van der Waals surface area contributed by atoms with Crippen LogP contribution in [0, 0.1) is 0 Å². The highest BCUT2D eigenvalue weighted by Crippen LogP contribution is 2.45. The molecule has 0 aliphatic carbocycles. The van der Waals surface area contributed by atoms with Crippen LogP contribution in [0.4, 0.5) is 0 Å². The summed E-state index contributed by atoms with van der Waals surface area (Å²) in [5.41, 5.74) is 5.72. The maximum absolute atomic E-state index is 6.35. The van der Waals surface area contributed by atoms with Crippen molar-refractivity contribution in [1.82, 2.24) is 9.88 Å². The van der Waals surface area contributed by atoms with Gasteiger partial charge in [0.15, 0.2) is 0 Å². The molecule has 6 rings (SSSR count). The van der Waals surface area contributed by atoms with E-state index in [4.69, 9.17) is 30.5 Å². The zero-order valence-corrected chi connectivity index (χ0v) is 22.5. The maximum atomic E-state index is 6.35. The topological polar surface area (TPSA) is 53.1 Å². The Morgan fingerprint density at radius 2 is 2.00 bits per heavy atom. The summed E-state index contributed by atoms with van der Waals surface area (Å²) in [5.74, 6) is 2.27. The van der Waals surface area contributed by atoms with Crippen molar-refractivity contribution in [3.63, 3.8) is 0 Å². The van der Waals surface area contributed by atoms with Gasteiger partial charge in [-0.05, 0) is 72.4 Å². The fraction of sp³-hybridized carbons (Fsp3) is 0.387. The van der Waals surface area contributed by atoms with Crippen LogP contribution in [-0.4, -0.2) is 49.8 Å². The van der Waals surface area contributed by atoms with Crippen LogP contribution in [0.5, 0.6) is 17.4 Å². The van der Waals surface area contributed by atoms with Gasteiger partial charge >= 0.3 is 0 Å². The van der Waals surface area contributed by atoms with Gasteiger partial charge in [0.25, 0.3) is 0 Å². The zero-order valence-electron chi connectivity index (χ0n) is 21.7. The lowest BCUT2D eigenvalue weighted by Crippen LogP contribution is -2.42. The summed E-state index contributed by atoms with van der Waals surface area (Å²) in [6, 6.07) is 16.2. The number of likely N-dealkylation sites (tertiary alicyclic amines) is 1. The minimum atomic E-state index is -0.152. The molecule has 7 heteroatoms. The van der Waals surface area contributed by atoms with Gasteiger partial charge < -0.3 is 23.8 Å². The van der Waals surface area contributed by atoms with E-state index >= 15 is 0 Å². The molecule has 0 radical (unpaired) electrons. The number of pyridine rings is 1. The first-order chi connectivity index (χ1) is 18.6. The summed E-state index contributed by atoms with van der Waals surface area (Å²) >= 11 is 6.21. The average Bonchev–Trinajstić information content (AvgIpc) is 3.18. The van der Waals surface area contributed by atoms with Crippen molar-refractivity contribution in [3.8, 4) is 17.4 Å². The Labute approximate surface area is 229 Å². The highest BCUT2D eigenvalue weighted by Gasteiger charge is 2.42. The molecular weight excluding hydrogens is 500 g/mol. The fourth-order valence-corrected chi connectivity index (χ4v) is 6.06. The lowest BCUT2D eigenvalue weighted by atomic mass is 9.84. The molecule has 38 heavy (non-hydrogen) atoms. The molecule has 0 unspecified atom stereocenters.